The molecule has 0 saturated heterocycles. The van der Waals surface area contributed by atoms with E-state index in [1.165, 1.54) is 22.3 Å². The van der Waals surface area contributed by atoms with Gasteiger partial charge in [-0.25, -0.2) is 5.01 Å². The first-order valence-electron chi connectivity index (χ1n) is 6.68. The number of nitrogens with one attached hydrogen (secondary N) is 1. The van der Waals surface area contributed by atoms with Gasteiger partial charge < -0.3 is 5.43 Å². The van der Waals surface area contributed by atoms with Crippen LogP contribution in [0.2, 0.25) is 0 Å². The van der Waals surface area contributed by atoms with E-state index >= 15 is 0 Å². The molecule has 1 N–H and O–H groups in total. The zero-order chi connectivity index (χ0) is 13.6. The second-order valence-corrected chi connectivity index (χ2v) is 5.94. The first-order chi connectivity index (χ1) is 9.00. The van der Waals surface area contributed by atoms with Crippen molar-refractivity contribution in [2.24, 2.45) is 0 Å². The smallest absolute Gasteiger partial charge is 0.0493 e. The van der Waals surface area contributed by atoms with Gasteiger partial charge in [-0.15, -0.1) is 0 Å². The lowest BCUT2D eigenvalue weighted by Crippen LogP contribution is -2.20. The molecule has 0 saturated carbocycles. The third kappa shape index (κ3) is 1.83. The number of hydrazine groups is 1. The predicted octanol–water partition coefficient (Wildman–Crippen LogP) is 3.88. The van der Waals surface area contributed by atoms with Crippen LogP contribution in [0.3, 0.4) is 0 Å². The Labute approximate surface area is 115 Å². The Hall–Kier alpha value is -1.80. The maximum Gasteiger partial charge on any atom is 0.0493 e. The van der Waals surface area contributed by atoms with Crippen molar-refractivity contribution in [2.45, 2.75) is 19.3 Å². The molecule has 98 valence electrons. The summed E-state index contributed by atoms with van der Waals surface area (Å²) in [5.41, 5.74) is 10.1. The van der Waals surface area contributed by atoms with Gasteiger partial charge in [0.05, 0.1) is 0 Å². The molecular formula is C17H20N2. The number of benzene rings is 2. The lowest BCUT2D eigenvalue weighted by molar-refractivity contribution is 0.495. The fourth-order valence-corrected chi connectivity index (χ4v) is 3.03. The van der Waals surface area contributed by atoms with Crippen LogP contribution in [0.1, 0.15) is 25.0 Å². The molecule has 2 heteroatoms. The van der Waals surface area contributed by atoms with Gasteiger partial charge in [-0.05, 0) is 34.4 Å². The molecule has 0 radical (unpaired) electrons. The Bertz CT molecular complexity index is 627. The molecule has 0 heterocycles. The molecule has 3 rings (SSSR count). The van der Waals surface area contributed by atoms with E-state index in [0.717, 1.165) is 5.69 Å². The van der Waals surface area contributed by atoms with E-state index in [1.807, 2.05) is 19.1 Å². The minimum absolute atomic E-state index is 0.0793. The van der Waals surface area contributed by atoms with Crippen LogP contribution in [0.25, 0.3) is 11.1 Å². The van der Waals surface area contributed by atoms with Gasteiger partial charge >= 0.3 is 0 Å². The van der Waals surface area contributed by atoms with Gasteiger partial charge in [0.25, 0.3) is 0 Å². The number of nitrogens with zero attached hydrogens (tertiary/aromatic N) is 1. The molecule has 0 amide bonds. The molecule has 2 aromatic rings. The highest BCUT2D eigenvalue weighted by atomic mass is 15.5. The van der Waals surface area contributed by atoms with Crippen molar-refractivity contribution in [3.8, 4) is 11.1 Å². The zero-order valence-corrected chi connectivity index (χ0v) is 12.0. The van der Waals surface area contributed by atoms with Gasteiger partial charge in [0.1, 0.15) is 0 Å². The summed E-state index contributed by atoms with van der Waals surface area (Å²) in [4.78, 5) is 0. The van der Waals surface area contributed by atoms with Crippen molar-refractivity contribution < 1.29 is 0 Å². The molecule has 0 unspecified atom stereocenters. The summed E-state index contributed by atoms with van der Waals surface area (Å²) >= 11 is 0. The fraction of sp³-hybridized carbons (Fsp3) is 0.294. The van der Waals surface area contributed by atoms with Gasteiger partial charge in [0.15, 0.2) is 0 Å². The molecule has 0 aliphatic heterocycles. The molecule has 1 aliphatic rings. The second kappa shape index (κ2) is 4.10. The van der Waals surface area contributed by atoms with E-state index < -0.39 is 0 Å². The van der Waals surface area contributed by atoms with Crippen LogP contribution >= 0.6 is 0 Å². The third-order valence-electron chi connectivity index (χ3n) is 3.94. The normalized spacial score (nSPS) is 15.2. The average Bonchev–Trinajstić information content (AvgIpc) is 2.59. The lowest BCUT2D eigenvalue weighted by atomic mass is 9.82. The Kier molecular flexibility index (Phi) is 2.64. The van der Waals surface area contributed by atoms with E-state index in [9.17, 15) is 0 Å². The van der Waals surface area contributed by atoms with Gasteiger partial charge in [0, 0.05) is 25.2 Å². The van der Waals surface area contributed by atoms with Crippen molar-refractivity contribution in [1.29, 1.82) is 0 Å². The SMILES string of the molecule is CN(C)Nc1ccc2c(c1)C(C)(C)c1ccccc1-2. The molecular weight excluding hydrogens is 232 g/mol. The van der Waals surface area contributed by atoms with Gasteiger partial charge in [-0.2, -0.15) is 0 Å². The Balaban J connectivity index is 2.16. The second-order valence-electron chi connectivity index (χ2n) is 5.94. The standard InChI is InChI=1S/C17H20N2/c1-17(2)15-8-6-5-7-13(15)14-10-9-12(11-16(14)17)18-19(3)4/h5-11,18H,1-4H3. The largest absolute Gasteiger partial charge is 0.319 e. The Morgan fingerprint density at radius 3 is 2.32 bits per heavy atom. The van der Waals surface area contributed by atoms with E-state index in [4.69, 9.17) is 0 Å². The monoisotopic (exact) mass is 252 g/mol. The predicted molar refractivity (Wildman–Crippen MR) is 81.3 cm³/mol. The molecule has 2 nitrogen and oxygen atoms in total. The summed E-state index contributed by atoms with van der Waals surface area (Å²) in [6.07, 6.45) is 0. The van der Waals surface area contributed by atoms with Crippen LogP contribution in [0.4, 0.5) is 5.69 Å². The quantitative estimate of drug-likeness (QED) is 0.816. The molecule has 19 heavy (non-hydrogen) atoms. The van der Waals surface area contributed by atoms with Crippen LogP contribution in [-0.4, -0.2) is 19.1 Å². The van der Waals surface area contributed by atoms with Crippen molar-refractivity contribution in [3.63, 3.8) is 0 Å². The minimum Gasteiger partial charge on any atom is -0.319 e. The first kappa shape index (κ1) is 12.2. The van der Waals surface area contributed by atoms with Crippen LogP contribution in [0.5, 0.6) is 0 Å². The van der Waals surface area contributed by atoms with E-state index in [2.05, 4.69) is 61.7 Å². The summed E-state index contributed by atoms with van der Waals surface area (Å²) in [6, 6.07) is 15.4. The average molecular weight is 252 g/mol. The van der Waals surface area contributed by atoms with Crippen molar-refractivity contribution in [3.05, 3.63) is 53.6 Å². The molecule has 0 spiro atoms. The van der Waals surface area contributed by atoms with Crippen molar-refractivity contribution >= 4 is 5.69 Å². The van der Waals surface area contributed by atoms with E-state index in [1.54, 1.807) is 0 Å². The topological polar surface area (TPSA) is 15.3 Å². The zero-order valence-electron chi connectivity index (χ0n) is 12.0. The first-order valence-corrected chi connectivity index (χ1v) is 6.68. The fourth-order valence-electron chi connectivity index (χ4n) is 3.03. The molecule has 2 aromatic carbocycles. The highest BCUT2D eigenvalue weighted by molar-refractivity contribution is 5.82. The number of hydrogen-bond donors (Lipinski definition) is 1. The lowest BCUT2D eigenvalue weighted by Gasteiger charge is -2.22. The van der Waals surface area contributed by atoms with Crippen LogP contribution in [-0.2, 0) is 5.41 Å². The highest BCUT2D eigenvalue weighted by Gasteiger charge is 2.35. The highest BCUT2D eigenvalue weighted by Crippen LogP contribution is 2.49. The van der Waals surface area contributed by atoms with Gasteiger partial charge in [-0.3, -0.25) is 0 Å². The van der Waals surface area contributed by atoms with Gasteiger partial charge in [-0.1, -0.05) is 44.2 Å². The number of anilines is 1. The maximum absolute atomic E-state index is 3.33. The number of fused-ring (bicyclic) bond motifs is 3. The summed E-state index contributed by atoms with van der Waals surface area (Å²) in [6.45, 7) is 4.61. The van der Waals surface area contributed by atoms with Crippen LogP contribution < -0.4 is 5.43 Å². The number of rotatable bonds is 2. The number of hydrogen-bond acceptors (Lipinski definition) is 2. The van der Waals surface area contributed by atoms with Crippen molar-refractivity contribution in [1.82, 2.24) is 5.01 Å². The van der Waals surface area contributed by atoms with E-state index in [0.29, 0.717) is 0 Å². The minimum atomic E-state index is 0.0793. The molecule has 0 aromatic heterocycles. The third-order valence-corrected chi connectivity index (χ3v) is 3.94. The Morgan fingerprint density at radius 2 is 1.58 bits per heavy atom. The molecule has 0 fully saturated rings. The maximum atomic E-state index is 3.33. The molecule has 0 atom stereocenters. The summed E-state index contributed by atoms with van der Waals surface area (Å²) < 4.78 is 0. The van der Waals surface area contributed by atoms with Crippen molar-refractivity contribution in [2.75, 3.05) is 19.5 Å². The van der Waals surface area contributed by atoms with E-state index in [-0.39, 0.29) is 5.41 Å². The van der Waals surface area contributed by atoms with Crippen LogP contribution in [0.15, 0.2) is 42.5 Å². The summed E-state index contributed by atoms with van der Waals surface area (Å²) in [7, 11) is 4.01. The molecule has 1 aliphatic carbocycles. The summed E-state index contributed by atoms with van der Waals surface area (Å²) in [5, 5.41) is 1.97. The van der Waals surface area contributed by atoms with Gasteiger partial charge in [0.2, 0.25) is 0 Å². The van der Waals surface area contributed by atoms with Crippen LogP contribution in [0, 0.1) is 0 Å². The Morgan fingerprint density at radius 1 is 0.895 bits per heavy atom. The molecule has 0 bridgehead atoms. The summed E-state index contributed by atoms with van der Waals surface area (Å²) in [5.74, 6) is 0.